The zero-order chi connectivity index (χ0) is 14.6. The van der Waals surface area contributed by atoms with E-state index in [4.69, 9.17) is 5.73 Å². The van der Waals surface area contributed by atoms with Crippen molar-refractivity contribution in [3.05, 3.63) is 10.6 Å². The van der Waals surface area contributed by atoms with Crippen LogP contribution in [0.2, 0.25) is 0 Å². The van der Waals surface area contributed by atoms with Crippen LogP contribution in [0.4, 0.5) is 5.13 Å². The summed E-state index contributed by atoms with van der Waals surface area (Å²) >= 11 is 1.27. The van der Waals surface area contributed by atoms with Gasteiger partial charge in [0.2, 0.25) is 5.91 Å². The first-order chi connectivity index (χ1) is 8.86. The maximum atomic E-state index is 11.8. The molecule has 0 atom stereocenters. The number of nitrogens with one attached hydrogen (secondary N) is 1. The van der Waals surface area contributed by atoms with Crippen LogP contribution in [0.25, 0.3) is 0 Å². The first-order valence-electron chi connectivity index (χ1n) is 5.64. The lowest BCUT2D eigenvalue weighted by molar-refractivity contribution is -0.149. The van der Waals surface area contributed by atoms with Gasteiger partial charge in [-0.05, 0) is 13.8 Å². The lowest BCUT2D eigenvalue weighted by Crippen LogP contribution is -2.44. The fourth-order valence-electron chi connectivity index (χ4n) is 1.33. The molecule has 8 heteroatoms. The highest BCUT2D eigenvalue weighted by Gasteiger charge is 2.25. The molecule has 1 aromatic heterocycles. The van der Waals surface area contributed by atoms with Gasteiger partial charge in [-0.2, -0.15) is 0 Å². The molecule has 1 rings (SSSR count). The maximum absolute atomic E-state index is 11.8. The van der Waals surface area contributed by atoms with Gasteiger partial charge in [0, 0.05) is 24.9 Å². The predicted octanol–water partition coefficient (Wildman–Crippen LogP) is 0.0322. The quantitative estimate of drug-likeness (QED) is 0.762. The summed E-state index contributed by atoms with van der Waals surface area (Å²) in [5, 5.41) is 2.72. The van der Waals surface area contributed by atoms with E-state index in [9.17, 15) is 14.4 Å². The van der Waals surface area contributed by atoms with Crippen molar-refractivity contribution in [1.82, 2.24) is 9.88 Å². The van der Waals surface area contributed by atoms with Gasteiger partial charge < -0.3 is 5.73 Å². The van der Waals surface area contributed by atoms with Crippen molar-refractivity contribution in [3.8, 4) is 0 Å². The van der Waals surface area contributed by atoms with Crippen LogP contribution in [0.1, 0.15) is 17.5 Å². The van der Waals surface area contributed by atoms with Crippen molar-refractivity contribution in [2.75, 3.05) is 18.4 Å². The number of aryl methyl sites for hydroxylation is 2. The molecule has 0 aliphatic heterocycles. The maximum Gasteiger partial charge on any atom is 0.318 e. The van der Waals surface area contributed by atoms with E-state index in [0.717, 1.165) is 15.5 Å². The standard InChI is InChI=1S/C11H16N4O3S/c1-6-7(2)19-11(13-6)14-9(17)10(18)15(5-4-12)8(3)16/h4-5,12H2,1-3H3,(H,13,14,17). The molecule has 0 bridgehead atoms. The van der Waals surface area contributed by atoms with Crippen molar-refractivity contribution in [2.45, 2.75) is 20.8 Å². The zero-order valence-electron chi connectivity index (χ0n) is 11.0. The average Bonchev–Trinajstić information content (AvgIpc) is 2.64. The number of thiazole rings is 1. The van der Waals surface area contributed by atoms with Gasteiger partial charge in [0.25, 0.3) is 0 Å². The number of rotatable bonds is 3. The first-order valence-corrected chi connectivity index (χ1v) is 6.46. The van der Waals surface area contributed by atoms with Gasteiger partial charge in [-0.15, -0.1) is 11.3 Å². The van der Waals surface area contributed by atoms with Crippen LogP contribution in [-0.4, -0.2) is 40.7 Å². The van der Waals surface area contributed by atoms with E-state index in [0.29, 0.717) is 5.13 Å². The number of amides is 3. The third kappa shape index (κ3) is 3.83. The van der Waals surface area contributed by atoms with Gasteiger partial charge in [-0.3, -0.25) is 24.6 Å². The van der Waals surface area contributed by atoms with Crippen LogP contribution in [0, 0.1) is 13.8 Å². The van der Waals surface area contributed by atoms with E-state index >= 15 is 0 Å². The number of carbonyl (C=O) groups is 3. The molecule has 3 N–H and O–H groups in total. The Kier molecular flexibility index (Phi) is 5.13. The molecule has 0 aromatic carbocycles. The molecule has 19 heavy (non-hydrogen) atoms. The second kappa shape index (κ2) is 6.39. The lowest BCUT2D eigenvalue weighted by atomic mass is 10.4. The second-order valence-corrected chi connectivity index (χ2v) is 5.08. The molecular formula is C11H16N4O3S. The minimum absolute atomic E-state index is 0.0114. The summed E-state index contributed by atoms with van der Waals surface area (Å²) in [5.41, 5.74) is 6.08. The van der Waals surface area contributed by atoms with Crippen LogP contribution in [-0.2, 0) is 14.4 Å². The van der Waals surface area contributed by atoms with Crippen molar-refractivity contribution in [3.63, 3.8) is 0 Å². The van der Waals surface area contributed by atoms with E-state index in [1.54, 1.807) is 6.92 Å². The van der Waals surface area contributed by atoms with Crippen LogP contribution in [0.3, 0.4) is 0 Å². The molecule has 1 aromatic rings. The fraction of sp³-hybridized carbons (Fsp3) is 0.455. The van der Waals surface area contributed by atoms with Gasteiger partial charge in [-0.1, -0.05) is 0 Å². The summed E-state index contributed by atoms with van der Waals surface area (Å²) in [4.78, 5) is 40.6. The number of anilines is 1. The smallest absolute Gasteiger partial charge is 0.318 e. The van der Waals surface area contributed by atoms with E-state index in [-0.39, 0.29) is 13.1 Å². The van der Waals surface area contributed by atoms with E-state index in [1.807, 2.05) is 6.92 Å². The molecule has 1 heterocycles. The van der Waals surface area contributed by atoms with Crippen LogP contribution in [0.15, 0.2) is 0 Å². The largest absolute Gasteiger partial charge is 0.329 e. The Morgan fingerprint density at radius 3 is 2.42 bits per heavy atom. The highest BCUT2D eigenvalue weighted by atomic mass is 32.1. The van der Waals surface area contributed by atoms with Crippen LogP contribution < -0.4 is 11.1 Å². The van der Waals surface area contributed by atoms with E-state index < -0.39 is 17.7 Å². The topological polar surface area (TPSA) is 105 Å². The SMILES string of the molecule is CC(=O)N(CCN)C(=O)C(=O)Nc1nc(C)c(C)s1. The summed E-state index contributed by atoms with van der Waals surface area (Å²) < 4.78 is 0. The molecule has 0 saturated carbocycles. The van der Waals surface area contributed by atoms with Crippen molar-refractivity contribution in [1.29, 1.82) is 0 Å². The molecule has 0 radical (unpaired) electrons. The fourth-order valence-corrected chi connectivity index (χ4v) is 2.14. The van der Waals surface area contributed by atoms with Crippen molar-refractivity contribution >= 4 is 34.2 Å². The number of carbonyl (C=O) groups excluding carboxylic acids is 3. The van der Waals surface area contributed by atoms with Crippen LogP contribution in [0.5, 0.6) is 0 Å². The molecule has 0 aliphatic rings. The summed E-state index contributed by atoms with van der Waals surface area (Å²) in [5.74, 6) is -2.34. The molecule has 0 fully saturated rings. The molecule has 0 aliphatic carbocycles. The Hall–Kier alpha value is -1.80. The summed E-state index contributed by atoms with van der Waals surface area (Å²) in [6.07, 6.45) is 0. The summed E-state index contributed by atoms with van der Waals surface area (Å²) in [6, 6.07) is 0. The number of nitrogens with two attached hydrogens (primary N) is 1. The molecular weight excluding hydrogens is 268 g/mol. The van der Waals surface area contributed by atoms with Gasteiger partial charge in [0.15, 0.2) is 5.13 Å². The Morgan fingerprint density at radius 2 is 2.00 bits per heavy atom. The number of nitrogens with zero attached hydrogens (tertiary/aromatic N) is 2. The van der Waals surface area contributed by atoms with Gasteiger partial charge in [-0.25, -0.2) is 4.98 Å². The number of aromatic nitrogens is 1. The minimum Gasteiger partial charge on any atom is -0.329 e. The molecule has 7 nitrogen and oxygen atoms in total. The molecule has 0 saturated heterocycles. The number of hydrogen-bond donors (Lipinski definition) is 2. The monoisotopic (exact) mass is 284 g/mol. The van der Waals surface area contributed by atoms with E-state index in [1.165, 1.54) is 18.3 Å². The molecule has 0 unspecified atom stereocenters. The van der Waals surface area contributed by atoms with E-state index in [2.05, 4.69) is 10.3 Å². The number of imide groups is 1. The highest BCUT2D eigenvalue weighted by molar-refractivity contribution is 7.15. The Labute approximate surface area is 114 Å². The van der Waals surface area contributed by atoms with Gasteiger partial charge in [0.1, 0.15) is 0 Å². The van der Waals surface area contributed by atoms with Gasteiger partial charge >= 0.3 is 11.8 Å². The number of hydrogen-bond acceptors (Lipinski definition) is 6. The lowest BCUT2D eigenvalue weighted by Gasteiger charge is -2.16. The Balaban J connectivity index is 2.76. The Morgan fingerprint density at radius 1 is 1.37 bits per heavy atom. The van der Waals surface area contributed by atoms with Gasteiger partial charge in [0.05, 0.1) is 5.69 Å². The molecule has 3 amide bonds. The third-order valence-corrected chi connectivity index (χ3v) is 3.41. The average molecular weight is 284 g/mol. The highest BCUT2D eigenvalue weighted by Crippen LogP contribution is 2.20. The normalized spacial score (nSPS) is 10.1. The minimum atomic E-state index is -0.927. The summed E-state index contributed by atoms with van der Waals surface area (Å²) in [6.45, 7) is 4.99. The summed E-state index contributed by atoms with van der Waals surface area (Å²) in [7, 11) is 0. The predicted molar refractivity (Wildman–Crippen MR) is 71.7 cm³/mol. The van der Waals surface area contributed by atoms with Crippen LogP contribution >= 0.6 is 11.3 Å². The zero-order valence-corrected chi connectivity index (χ0v) is 11.8. The third-order valence-electron chi connectivity index (χ3n) is 2.42. The van der Waals surface area contributed by atoms with Crippen molar-refractivity contribution in [2.24, 2.45) is 5.73 Å². The van der Waals surface area contributed by atoms with Crippen molar-refractivity contribution < 1.29 is 14.4 Å². The second-order valence-electron chi connectivity index (χ2n) is 3.88. The molecule has 0 spiro atoms. The first kappa shape index (κ1) is 15.3. The molecule has 104 valence electrons. The Bertz CT molecular complexity index is 493.